The first kappa shape index (κ1) is 25.8. The lowest BCUT2D eigenvalue weighted by Crippen LogP contribution is -2.34. The minimum atomic E-state index is -5.35. The first-order valence-electron chi connectivity index (χ1n) is 8.27. The molecule has 2 aromatic carbocycles. The molecule has 15 heteroatoms. The van der Waals surface area contributed by atoms with Crippen molar-refractivity contribution in [3.05, 3.63) is 54.1 Å². The van der Waals surface area contributed by atoms with Crippen molar-refractivity contribution in [2.24, 2.45) is 9.98 Å². The molecule has 0 aliphatic carbocycles. The van der Waals surface area contributed by atoms with Gasteiger partial charge in [-0.1, -0.05) is 12.1 Å². The second-order valence-electron chi connectivity index (χ2n) is 5.77. The molecule has 2 aromatic rings. The lowest BCUT2D eigenvalue weighted by atomic mass is 10.0. The molecule has 0 amide bonds. The van der Waals surface area contributed by atoms with Crippen molar-refractivity contribution in [2.75, 3.05) is 6.61 Å². The van der Waals surface area contributed by atoms with Crippen molar-refractivity contribution >= 4 is 66.9 Å². The third kappa shape index (κ3) is 8.98. The molecule has 2 rings (SSSR count). The number of ether oxygens (including phenoxy) is 1. The normalized spacial score (nSPS) is 13.3. The van der Waals surface area contributed by atoms with E-state index in [2.05, 4.69) is 53.1 Å². The van der Waals surface area contributed by atoms with Gasteiger partial charge in [0.25, 0.3) is 0 Å². The van der Waals surface area contributed by atoms with Crippen molar-refractivity contribution < 1.29 is 39.0 Å². The molecule has 32 heavy (non-hydrogen) atoms. The van der Waals surface area contributed by atoms with Crippen molar-refractivity contribution in [1.29, 1.82) is 0 Å². The van der Waals surface area contributed by atoms with Gasteiger partial charge in [-0.05, 0) is 66.4 Å². The van der Waals surface area contributed by atoms with E-state index < -0.39 is 39.6 Å². The van der Waals surface area contributed by atoms with E-state index in [1.54, 1.807) is 0 Å². The van der Waals surface area contributed by atoms with Crippen LogP contribution in [-0.4, -0.2) is 49.0 Å². The van der Waals surface area contributed by atoms with Crippen molar-refractivity contribution in [2.45, 2.75) is 12.2 Å². The summed E-state index contributed by atoms with van der Waals surface area (Å²) >= 11 is 9.04. The molecule has 0 aromatic heterocycles. The highest BCUT2D eigenvalue weighted by molar-refractivity contribution is 7.81. The van der Waals surface area contributed by atoms with Gasteiger partial charge in [0.05, 0.1) is 28.3 Å². The van der Waals surface area contributed by atoms with Crippen LogP contribution in [0.3, 0.4) is 0 Å². The standard InChI is InChI=1S/C17H14N2O9S4/c20-31(21,22)26-9-16(28-32(23,24)25)17(12-1-3-13(4-2-12)18-10-29)27-15-7-5-14(6-8-15)19-11-30/h1-8,16-17H,9H2,(H,20,21,22)(H,23,24,25)/p-2. The minimum Gasteiger partial charge on any atom is -0.726 e. The molecule has 2 atom stereocenters. The van der Waals surface area contributed by atoms with Gasteiger partial charge in [0.2, 0.25) is 20.8 Å². The monoisotopic (exact) mass is 516 g/mol. The Bertz CT molecular complexity index is 1230. The predicted molar refractivity (Wildman–Crippen MR) is 116 cm³/mol. The highest BCUT2D eigenvalue weighted by Crippen LogP contribution is 2.30. The number of isothiocyanates is 2. The van der Waals surface area contributed by atoms with Crippen LogP contribution in [-0.2, 0) is 29.2 Å². The number of rotatable bonds is 11. The van der Waals surface area contributed by atoms with Crippen molar-refractivity contribution in [3.8, 4) is 5.75 Å². The number of nitrogens with zero attached hydrogens (tertiary/aromatic N) is 2. The number of aliphatic imine (C=N–C) groups is 2. The van der Waals surface area contributed by atoms with Crippen LogP contribution in [0.25, 0.3) is 0 Å². The van der Waals surface area contributed by atoms with Crippen LogP contribution in [0.15, 0.2) is 58.5 Å². The van der Waals surface area contributed by atoms with Crippen LogP contribution >= 0.6 is 24.4 Å². The van der Waals surface area contributed by atoms with Crippen molar-refractivity contribution in [1.82, 2.24) is 0 Å². The van der Waals surface area contributed by atoms with Crippen LogP contribution in [0, 0.1) is 0 Å². The molecule has 0 saturated heterocycles. The summed E-state index contributed by atoms with van der Waals surface area (Å²) in [5, 5.41) is 4.35. The maximum absolute atomic E-state index is 11.2. The van der Waals surface area contributed by atoms with E-state index in [1.165, 1.54) is 48.5 Å². The van der Waals surface area contributed by atoms with Gasteiger partial charge < -0.3 is 13.8 Å². The van der Waals surface area contributed by atoms with Crippen LogP contribution in [0.1, 0.15) is 11.7 Å². The summed E-state index contributed by atoms with van der Waals surface area (Å²) in [7, 11) is -10.6. The summed E-state index contributed by atoms with van der Waals surface area (Å²) in [4.78, 5) is 7.54. The summed E-state index contributed by atoms with van der Waals surface area (Å²) in [6.45, 7) is -1.12. The maximum atomic E-state index is 11.2. The van der Waals surface area contributed by atoms with Gasteiger partial charge in [-0.2, -0.15) is 9.98 Å². The molecule has 0 N–H and O–H groups in total. The van der Waals surface area contributed by atoms with E-state index in [0.29, 0.717) is 11.4 Å². The van der Waals surface area contributed by atoms with Gasteiger partial charge >= 0.3 is 0 Å². The van der Waals surface area contributed by atoms with E-state index in [9.17, 15) is 25.9 Å². The minimum absolute atomic E-state index is 0.154. The molecule has 0 radical (unpaired) electrons. The Morgan fingerprint density at radius 1 is 0.844 bits per heavy atom. The van der Waals surface area contributed by atoms with Gasteiger partial charge in [0.1, 0.15) is 11.9 Å². The van der Waals surface area contributed by atoms with E-state index in [1.807, 2.05) is 0 Å². The molecule has 0 saturated carbocycles. The molecule has 0 heterocycles. The predicted octanol–water partition coefficient (Wildman–Crippen LogP) is 2.60. The molecular weight excluding hydrogens is 504 g/mol. The van der Waals surface area contributed by atoms with Gasteiger partial charge in [-0.3, -0.25) is 8.37 Å². The average molecular weight is 517 g/mol. The van der Waals surface area contributed by atoms with Crippen molar-refractivity contribution in [3.63, 3.8) is 0 Å². The summed E-state index contributed by atoms with van der Waals surface area (Å²) in [6, 6.07) is 11.7. The largest absolute Gasteiger partial charge is 0.726 e. The highest BCUT2D eigenvalue weighted by Gasteiger charge is 2.30. The Morgan fingerprint density at radius 3 is 1.78 bits per heavy atom. The number of hydrogen-bond acceptors (Lipinski definition) is 13. The quantitative estimate of drug-likeness (QED) is 0.186. The van der Waals surface area contributed by atoms with Crippen LogP contribution in [0.4, 0.5) is 11.4 Å². The fourth-order valence-electron chi connectivity index (χ4n) is 2.42. The topological polar surface area (TPSA) is 167 Å². The molecule has 170 valence electrons. The molecule has 2 unspecified atom stereocenters. The van der Waals surface area contributed by atoms with E-state index in [-0.39, 0.29) is 11.3 Å². The Labute approximate surface area is 194 Å². The smallest absolute Gasteiger partial charge is 0.218 e. The summed E-state index contributed by atoms with van der Waals surface area (Å²) in [5.41, 5.74) is 1.08. The Hall–Kier alpha value is -2.42. The lowest BCUT2D eigenvalue weighted by Gasteiger charge is -2.29. The van der Waals surface area contributed by atoms with Gasteiger partial charge in [0, 0.05) is 0 Å². The van der Waals surface area contributed by atoms with Gasteiger partial charge in [0.15, 0.2) is 6.10 Å². The Kier molecular flexibility index (Phi) is 9.24. The second kappa shape index (κ2) is 11.4. The zero-order valence-corrected chi connectivity index (χ0v) is 18.9. The number of hydrogen-bond donors (Lipinski definition) is 0. The Morgan fingerprint density at radius 2 is 1.34 bits per heavy atom. The summed E-state index contributed by atoms with van der Waals surface area (Å²) in [5.74, 6) is 0.154. The van der Waals surface area contributed by atoms with E-state index in [4.69, 9.17) is 4.74 Å². The second-order valence-corrected chi connectivity index (χ2v) is 8.19. The lowest BCUT2D eigenvalue weighted by molar-refractivity contribution is 0.0164. The van der Waals surface area contributed by atoms with Gasteiger partial charge in [-0.25, -0.2) is 16.8 Å². The molecule has 11 nitrogen and oxygen atoms in total. The SMILES string of the molecule is O=S(=O)([O-])OCC(OS(=O)(=O)[O-])C(Oc1ccc(N=C=S)cc1)c1ccc(N=C=S)cc1. The van der Waals surface area contributed by atoms with Gasteiger partial charge in [-0.15, -0.1) is 0 Å². The summed E-state index contributed by atoms with van der Waals surface area (Å²) in [6.07, 6.45) is -3.26. The fraction of sp³-hybridized carbons (Fsp3) is 0.176. The van der Waals surface area contributed by atoms with E-state index in [0.717, 1.165) is 0 Å². The number of thiocarbonyl (C=S) groups is 2. The average Bonchev–Trinajstić information content (AvgIpc) is 2.70. The highest BCUT2D eigenvalue weighted by atomic mass is 32.3. The van der Waals surface area contributed by atoms with Crippen LogP contribution < -0.4 is 4.74 Å². The van der Waals surface area contributed by atoms with Crippen LogP contribution in [0.5, 0.6) is 5.75 Å². The summed E-state index contributed by atoms with van der Waals surface area (Å²) < 4.78 is 80.6. The zero-order chi connectivity index (χ0) is 23.8. The van der Waals surface area contributed by atoms with Crippen LogP contribution in [0.2, 0.25) is 0 Å². The molecule has 0 bridgehead atoms. The van der Waals surface area contributed by atoms with E-state index >= 15 is 0 Å². The number of benzene rings is 2. The fourth-order valence-corrected chi connectivity index (χ4v) is 3.39. The molecule has 0 fully saturated rings. The molecule has 0 aliphatic heterocycles. The molecule has 0 aliphatic rings. The maximum Gasteiger partial charge on any atom is 0.218 e. The third-order valence-corrected chi connectivity index (χ3v) is 4.72. The first-order chi connectivity index (χ1) is 15.0. The Balaban J connectivity index is 2.48. The molecule has 0 spiro atoms. The molecular formula is C17H12N2O9S4-2. The third-order valence-electron chi connectivity index (χ3n) is 3.63. The first-order valence-corrected chi connectivity index (χ1v) is 11.8. The zero-order valence-electron chi connectivity index (χ0n) is 15.7.